The maximum absolute atomic E-state index is 13.3. The quantitative estimate of drug-likeness (QED) is 0.426. The molecule has 0 aliphatic carbocycles. The second-order valence-corrected chi connectivity index (χ2v) is 8.95. The molecule has 0 radical (unpaired) electrons. The molecule has 3 aromatic rings. The SMILES string of the molecule is CCCCC1SC(c2cccc(Oc3ccccc3)c2)N(c2ccc(C(=O)O)cc2)C1=O. The lowest BCUT2D eigenvalue weighted by Gasteiger charge is -2.24. The van der Waals surface area contributed by atoms with E-state index in [0.29, 0.717) is 11.4 Å². The van der Waals surface area contributed by atoms with Gasteiger partial charge >= 0.3 is 5.97 Å². The highest BCUT2D eigenvalue weighted by Gasteiger charge is 2.41. The van der Waals surface area contributed by atoms with E-state index in [0.717, 1.165) is 30.6 Å². The largest absolute Gasteiger partial charge is 0.478 e. The maximum Gasteiger partial charge on any atom is 0.335 e. The highest BCUT2D eigenvalue weighted by atomic mass is 32.2. The van der Waals surface area contributed by atoms with Crippen molar-refractivity contribution in [3.05, 3.63) is 90.0 Å². The van der Waals surface area contributed by atoms with Gasteiger partial charge in [-0.15, -0.1) is 11.8 Å². The number of aromatic carboxylic acids is 1. The topological polar surface area (TPSA) is 66.8 Å². The van der Waals surface area contributed by atoms with Gasteiger partial charge in [0.05, 0.1) is 10.8 Å². The van der Waals surface area contributed by atoms with E-state index in [1.54, 1.807) is 40.9 Å². The molecule has 4 rings (SSSR count). The summed E-state index contributed by atoms with van der Waals surface area (Å²) in [5.41, 5.74) is 1.87. The van der Waals surface area contributed by atoms with Gasteiger partial charge in [-0.3, -0.25) is 9.69 Å². The Hall–Kier alpha value is -3.25. The first-order valence-electron chi connectivity index (χ1n) is 10.7. The summed E-state index contributed by atoms with van der Waals surface area (Å²) in [6.07, 6.45) is 2.84. The molecule has 0 spiro atoms. The van der Waals surface area contributed by atoms with Crippen molar-refractivity contribution in [3.63, 3.8) is 0 Å². The van der Waals surface area contributed by atoms with Crippen molar-refractivity contribution in [2.45, 2.75) is 36.8 Å². The second-order valence-electron chi connectivity index (χ2n) is 7.67. The molecule has 0 bridgehead atoms. The van der Waals surface area contributed by atoms with Gasteiger partial charge in [0, 0.05) is 5.69 Å². The van der Waals surface area contributed by atoms with Gasteiger partial charge in [0.1, 0.15) is 16.9 Å². The number of rotatable bonds is 8. The van der Waals surface area contributed by atoms with Gasteiger partial charge in [0.25, 0.3) is 0 Å². The highest BCUT2D eigenvalue weighted by molar-refractivity contribution is 8.01. The van der Waals surface area contributed by atoms with Gasteiger partial charge in [-0.05, 0) is 60.5 Å². The molecule has 2 unspecified atom stereocenters. The van der Waals surface area contributed by atoms with Crippen molar-refractivity contribution in [2.24, 2.45) is 0 Å². The Morgan fingerprint density at radius 3 is 2.41 bits per heavy atom. The molecule has 0 saturated carbocycles. The van der Waals surface area contributed by atoms with Crippen LogP contribution in [0.25, 0.3) is 0 Å². The number of unbranched alkanes of at least 4 members (excludes halogenated alkanes) is 1. The van der Waals surface area contributed by atoms with E-state index in [9.17, 15) is 14.7 Å². The number of carboxylic acid groups (broad SMARTS) is 1. The van der Waals surface area contributed by atoms with Crippen molar-refractivity contribution >= 4 is 29.3 Å². The minimum atomic E-state index is -0.984. The minimum Gasteiger partial charge on any atom is -0.478 e. The van der Waals surface area contributed by atoms with Crippen LogP contribution in [0, 0.1) is 0 Å². The number of amides is 1. The molecule has 1 aliphatic rings. The third kappa shape index (κ3) is 4.81. The standard InChI is InChI=1S/C26H25NO4S/c1-2-3-12-23-24(28)27(20-15-13-18(14-16-20)26(29)30)25(32-23)19-8-7-11-22(17-19)31-21-9-5-4-6-10-21/h4-11,13-17,23,25H,2-3,12H2,1H3,(H,29,30). The molecule has 164 valence electrons. The number of carbonyl (C=O) groups is 2. The van der Waals surface area contributed by atoms with Gasteiger partial charge in [-0.25, -0.2) is 4.79 Å². The first-order chi connectivity index (χ1) is 15.6. The smallest absolute Gasteiger partial charge is 0.335 e. The molecule has 1 heterocycles. The molecule has 1 N–H and O–H groups in total. The fraction of sp³-hybridized carbons (Fsp3) is 0.231. The lowest BCUT2D eigenvalue weighted by atomic mass is 10.1. The van der Waals surface area contributed by atoms with E-state index < -0.39 is 5.97 Å². The molecule has 1 fully saturated rings. The predicted molar refractivity (Wildman–Crippen MR) is 127 cm³/mol. The molecule has 1 amide bonds. The summed E-state index contributed by atoms with van der Waals surface area (Å²) in [6, 6.07) is 23.9. The molecule has 6 heteroatoms. The van der Waals surface area contributed by atoms with Crippen molar-refractivity contribution < 1.29 is 19.4 Å². The zero-order valence-corrected chi connectivity index (χ0v) is 18.6. The van der Waals surface area contributed by atoms with E-state index in [2.05, 4.69) is 6.92 Å². The summed E-state index contributed by atoms with van der Waals surface area (Å²) in [4.78, 5) is 26.4. The molecular weight excluding hydrogens is 422 g/mol. The lowest BCUT2D eigenvalue weighted by molar-refractivity contribution is -0.117. The van der Waals surface area contributed by atoms with Gasteiger partial charge in [0.2, 0.25) is 5.91 Å². The number of hydrogen-bond donors (Lipinski definition) is 1. The van der Waals surface area contributed by atoms with Crippen molar-refractivity contribution in [2.75, 3.05) is 4.90 Å². The summed E-state index contributed by atoms with van der Waals surface area (Å²) >= 11 is 1.64. The molecule has 2 atom stereocenters. The van der Waals surface area contributed by atoms with Crippen LogP contribution in [0.2, 0.25) is 0 Å². The van der Waals surface area contributed by atoms with Crippen molar-refractivity contribution in [1.82, 2.24) is 0 Å². The van der Waals surface area contributed by atoms with Crippen molar-refractivity contribution in [3.8, 4) is 11.5 Å². The molecule has 0 aromatic heterocycles. The Morgan fingerprint density at radius 2 is 1.72 bits per heavy atom. The first kappa shape index (κ1) is 22.0. The Balaban J connectivity index is 1.65. The molecule has 1 aliphatic heterocycles. The number of nitrogens with zero attached hydrogens (tertiary/aromatic N) is 1. The Bertz CT molecular complexity index is 1080. The summed E-state index contributed by atoms with van der Waals surface area (Å²) in [5.74, 6) is 0.536. The Morgan fingerprint density at radius 1 is 1.00 bits per heavy atom. The zero-order chi connectivity index (χ0) is 22.5. The first-order valence-corrected chi connectivity index (χ1v) is 11.7. The number of thioether (sulfide) groups is 1. The zero-order valence-electron chi connectivity index (χ0n) is 17.8. The van der Waals surface area contributed by atoms with Crippen LogP contribution in [-0.2, 0) is 4.79 Å². The summed E-state index contributed by atoms with van der Waals surface area (Å²) < 4.78 is 6.00. The van der Waals surface area contributed by atoms with E-state index in [1.165, 1.54) is 0 Å². The van der Waals surface area contributed by atoms with E-state index in [-0.39, 0.29) is 22.1 Å². The van der Waals surface area contributed by atoms with Crippen LogP contribution in [0.3, 0.4) is 0 Å². The van der Waals surface area contributed by atoms with Crippen LogP contribution < -0.4 is 9.64 Å². The monoisotopic (exact) mass is 447 g/mol. The molecular formula is C26H25NO4S. The van der Waals surface area contributed by atoms with E-state index in [1.807, 2.05) is 54.6 Å². The van der Waals surface area contributed by atoms with Crippen LogP contribution >= 0.6 is 11.8 Å². The van der Waals surface area contributed by atoms with Crippen LogP contribution in [0.15, 0.2) is 78.9 Å². The van der Waals surface area contributed by atoms with Gasteiger partial charge < -0.3 is 9.84 Å². The van der Waals surface area contributed by atoms with Crippen LogP contribution in [0.1, 0.15) is 47.5 Å². The Kier molecular flexibility index (Phi) is 6.81. The van der Waals surface area contributed by atoms with Crippen LogP contribution in [0.5, 0.6) is 11.5 Å². The van der Waals surface area contributed by atoms with Crippen LogP contribution in [-0.4, -0.2) is 22.2 Å². The molecule has 5 nitrogen and oxygen atoms in total. The third-order valence-corrected chi connectivity index (χ3v) is 6.88. The normalized spacial score (nSPS) is 18.0. The maximum atomic E-state index is 13.3. The number of ether oxygens (including phenoxy) is 1. The molecule has 32 heavy (non-hydrogen) atoms. The second kappa shape index (κ2) is 9.92. The summed E-state index contributed by atoms with van der Waals surface area (Å²) in [7, 11) is 0. The fourth-order valence-electron chi connectivity index (χ4n) is 3.74. The van der Waals surface area contributed by atoms with E-state index in [4.69, 9.17) is 4.74 Å². The number of carboxylic acids is 1. The minimum absolute atomic E-state index is 0.0610. The lowest BCUT2D eigenvalue weighted by Crippen LogP contribution is -2.31. The van der Waals surface area contributed by atoms with Crippen LogP contribution in [0.4, 0.5) is 5.69 Å². The van der Waals surface area contributed by atoms with Gasteiger partial charge in [-0.2, -0.15) is 0 Å². The fourth-order valence-corrected chi connectivity index (χ4v) is 5.23. The molecule has 1 saturated heterocycles. The van der Waals surface area contributed by atoms with Crippen molar-refractivity contribution in [1.29, 1.82) is 0 Å². The predicted octanol–water partition coefficient (Wildman–Crippen LogP) is 6.51. The van der Waals surface area contributed by atoms with Gasteiger partial charge in [0.15, 0.2) is 0 Å². The number of hydrogen-bond acceptors (Lipinski definition) is 4. The van der Waals surface area contributed by atoms with Gasteiger partial charge in [-0.1, -0.05) is 50.1 Å². The average Bonchev–Trinajstić information content (AvgIpc) is 3.14. The van der Waals surface area contributed by atoms with E-state index >= 15 is 0 Å². The number of para-hydroxylation sites is 1. The Labute approximate surface area is 192 Å². The summed E-state index contributed by atoms with van der Waals surface area (Å²) in [5, 5.41) is 8.88. The number of carbonyl (C=O) groups excluding carboxylic acids is 1. The molecule has 3 aromatic carbocycles. The number of benzene rings is 3. The number of anilines is 1. The highest BCUT2D eigenvalue weighted by Crippen LogP contribution is 2.47. The third-order valence-electron chi connectivity index (χ3n) is 5.37. The summed E-state index contributed by atoms with van der Waals surface area (Å²) in [6.45, 7) is 2.12. The average molecular weight is 448 g/mol.